The normalized spacial score (nSPS) is 11.4. The van der Waals surface area contributed by atoms with Crippen molar-refractivity contribution in [1.82, 2.24) is 9.55 Å². The fourth-order valence-electron chi connectivity index (χ4n) is 2.11. The molecule has 0 saturated carbocycles. The molecule has 1 heterocycles. The smallest absolute Gasteiger partial charge is 0.109 e. The number of fused-ring (bicyclic) bond motifs is 1. The van der Waals surface area contributed by atoms with Gasteiger partial charge in [0.05, 0.1) is 22.7 Å². The summed E-state index contributed by atoms with van der Waals surface area (Å²) in [6, 6.07) is 7.79. The summed E-state index contributed by atoms with van der Waals surface area (Å²) < 4.78 is 2.18. The summed E-state index contributed by atoms with van der Waals surface area (Å²) in [5, 5.41) is 8.94. The number of nitriles is 1. The van der Waals surface area contributed by atoms with Gasteiger partial charge in [0.25, 0.3) is 0 Å². The van der Waals surface area contributed by atoms with Crippen LogP contribution in [0.2, 0.25) is 0 Å². The largest absolute Gasteiger partial charge is 0.324 e. The molecule has 1 aromatic heterocycles. The number of hydrogen-bond acceptors (Lipinski definition) is 2. The predicted molar refractivity (Wildman–Crippen MR) is 82.3 cm³/mol. The van der Waals surface area contributed by atoms with Gasteiger partial charge < -0.3 is 4.57 Å². The molecule has 20 heavy (non-hydrogen) atoms. The zero-order valence-electron chi connectivity index (χ0n) is 11.6. The fraction of sp³-hybridized carbons (Fsp3) is 0.176. The minimum Gasteiger partial charge on any atom is -0.324 e. The molecule has 0 spiro atoms. The summed E-state index contributed by atoms with van der Waals surface area (Å²) >= 11 is 0. The molecule has 0 aliphatic carbocycles. The molecule has 0 bridgehead atoms. The highest BCUT2D eigenvalue weighted by Gasteiger charge is 2.08. The van der Waals surface area contributed by atoms with Gasteiger partial charge in [-0.25, -0.2) is 4.98 Å². The van der Waals surface area contributed by atoms with Crippen LogP contribution in [0.15, 0.2) is 55.2 Å². The highest BCUT2D eigenvalue weighted by Crippen LogP contribution is 2.18. The molecular formula is C17H17N3. The number of imidazole rings is 1. The highest BCUT2D eigenvalue weighted by atomic mass is 15.1. The van der Waals surface area contributed by atoms with Crippen molar-refractivity contribution >= 4 is 11.0 Å². The molecule has 2 aromatic rings. The number of rotatable bonds is 5. The maximum Gasteiger partial charge on any atom is 0.109 e. The lowest BCUT2D eigenvalue weighted by Crippen LogP contribution is -2.00. The maximum atomic E-state index is 8.94. The molecule has 0 unspecified atom stereocenters. The van der Waals surface area contributed by atoms with Crippen molar-refractivity contribution in [3.05, 3.63) is 66.5 Å². The topological polar surface area (TPSA) is 41.6 Å². The van der Waals surface area contributed by atoms with Crippen LogP contribution < -0.4 is 0 Å². The van der Waals surface area contributed by atoms with Crippen molar-refractivity contribution in [3.8, 4) is 6.07 Å². The second-order valence-corrected chi connectivity index (χ2v) is 4.36. The number of aromatic nitrogens is 2. The van der Waals surface area contributed by atoms with Crippen molar-refractivity contribution < 1.29 is 0 Å². The van der Waals surface area contributed by atoms with Gasteiger partial charge in [0.1, 0.15) is 5.82 Å². The third kappa shape index (κ3) is 2.86. The summed E-state index contributed by atoms with van der Waals surface area (Å²) in [4.78, 5) is 4.60. The number of allylic oxidation sites excluding steroid dienone is 5. The molecule has 0 aliphatic rings. The van der Waals surface area contributed by atoms with Crippen LogP contribution in [-0.2, 0) is 13.0 Å². The molecule has 0 fully saturated rings. The van der Waals surface area contributed by atoms with Crippen LogP contribution >= 0.6 is 0 Å². The zero-order valence-corrected chi connectivity index (χ0v) is 11.6. The van der Waals surface area contributed by atoms with Gasteiger partial charge in [-0.2, -0.15) is 5.26 Å². The molecule has 3 nitrogen and oxygen atoms in total. The van der Waals surface area contributed by atoms with E-state index in [1.807, 2.05) is 36.4 Å². The van der Waals surface area contributed by atoms with Gasteiger partial charge in [-0.05, 0) is 18.2 Å². The lowest BCUT2D eigenvalue weighted by Gasteiger charge is -2.04. The Morgan fingerprint density at radius 1 is 1.35 bits per heavy atom. The van der Waals surface area contributed by atoms with Gasteiger partial charge in [-0.3, -0.25) is 0 Å². The van der Waals surface area contributed by atoms with Gasteiger partial charge in [-0.15, -0.1) is 0 Å². The molecule has 0 aliphatic heterocycles. The van der Waals surface area contributed by atoms with E-state index >= 15 is 0 Å². The Hall–Kier alpha value is -2.60. The van der Waals surface area contributed by atoms with Crippen molar-refractivity contribution in [1.29, 1.82) is 5.26 Å². The first-order valence-corrected chi connectivity index (χ1v) is 6.63. The minimum absolute atomic E-state index is 0.647. The van der Waals surface area contributed by atoms with Gasteiger partial charge >= 0.3 is 0 Å². The van der Waals surface area contributed by atoms with Crippen LogP contribution in [0.4, 0.5) is 0 Å². The summed E-state index contributed by atoms with van der Waals surface area (Å²) in [5.41, 5.74) is 2.60. The summed E-state index contributed by atoms with van der Waals surface area (Å²) in [7, 11) is 0. The molecule has 0 atom stereocenters. The van der Waals surface area contributed by atoms with Crippen LogP contribution in [0.25, 0.3) is 11.0 Å². The average Bonchev–Trinajstić information content (AvgIpc) is 2.84. The molecule has 0 N–H and O–H groups in total. The van der Waals surface area contributed by atoms with Gasteiger partial charge in [0.15, 0.2) is 0 Å². The third-order valence-electron chi connectivity index (χ3n) is 3.05. The van der Waals surface area contributed by atoms with E-state index in [-0.39, 0.29) is 0 Å². The summed E-state index contributed by atoms with van der Waals surface area (Å²) in [6.07, 6.45) is 10.5. The van der Waals surface area contributed by atoms with Crippen LogP contribution in [0.3, 0.4) is 0 Å². The molecule has 0 saturated heterocycles. The summed E-state index contributed by atoms with van der Waals surface area (Å²) in [5.74, 6) is 1.03. The molecule has 2 rings (SSSR count). The Kier molecular flexibility index (Phi) is 4.52. The van der Waals surface area contributed by atoms with Gasteiger partial charge in [0.2, 0.25) is 0 Å². The van der Waals surface area contributed by atoms with Crippen molar-refractivity contribution in [2.45, 2.75) is 19.9 Å². The van der Waals surface area contributed by atoms with Gasteiger partial charge in [0, 0.05) is 13.0 Å². The SMILES string of the molecule is C=C/C=C\C=C/Cn1c(CC)nc2cc(C#N)ccc21. The molecule has 0 amide bonds. The Labute approximate surface area is 119 Å². The second kappa shape index (κ2) is 6.53. The molecule has 3 heteroatoms. The van der Waals surface area contributed by atoms with Crippen LogP contribution in [0.1, 0.15) is 18.3 Å². The Bertz CT molecular complexity index is 712. The monoisotopic (exact) mass is 263 g/mol. The van der Waals surface area contributed by atoms with Crippen LogP contribution in [0.5, 0.6) is 0 Å². The molecule has 100 valence electrons. The Balaban J connectivity index is 2.36. The average molecular weight is 263 g/mol. The van der Waals surface area contributed by atoms with E-state index in [4.69, 9.17) is 5.26 Å². The first-order valence-electron chi connectivity index (χ1n) is 6.63. The van der Waals surface area contributed by atoms with E-state index < -0.39 is 0 Å². The quantitative estimate of drug-likeness (QED) is 0.770. The first kappa shape index (κ1) is 13.8. The number of hydrogen-bond donors (Lipinski definition) is 0. The Morgan fingerprint density at radius 3 is 2.90 bits per heavy atom. The lowest BCUT2D eigenvalue weighted by atomic mass is 10.2. The number of aryl methyl sites for hydroxylation is 1. The molecule has 1 aromatic carbocycles. The molecular weight excluding hydrogens is 246 g/mol. The maximum absolute atomic E-state index is 8.94. The van der Waals surface area contributed by atoms with E-state index in [0.29, 0.717) is 5.56 Å². The fourth-order valence-corrected chi connectivity index (χ4v) is 2.11. The number of nitrogens with zero attached hydrogens (tertiary/aromatic N) is 3. The van der Waals surface area contributed by atoms with E-state index in [1.165, 1.54) is 0 Å². The van der Waals surface area contributed by atoms with E-state index in [9.17, 15) is 0 Å². The molecule has 0 radical (unpaired) electrons. The number of benzene rings is 1. The third-order valence-corrected chi connectivity index (χ3v) is 3.05. The van der Waals surface area contributed by atoms with Crippen LogP contribution in [-0.4, -0.2) is 9.55 Å². The van der Waals surface area contributed by atoms with E-state index in [2.05, 4.69) is 35.2 Å². The summed E-state index contributed by atoms with van der Waals surface area (Å²) in [6.45, 7) is 6.49. The lowest BCUT2D eigenvalue weighted by molar-refractivity contribution is 0.769. The van der Waals surface area contributed by atoms with Gasteiger partial charge in [-0.1, -0.05) is 43.9 Å². The Morgan fingerprint density at radius 2 is 2.20 bits per heavy atom. The second-order valence-electron chi connectivity index (χ2n) is 4.36. The van der Waals surface area contributed by atoms with E-state index in [1.54, 1.807) is 6.08 Å². The highest BCUT2D eigenvalue weighted by molar-refractivity contribution is 5.77. The minimum atomic E-state index is 0.647. The van der Waals surface area contributed by atoms with Crippen LogP contribution in [0, 0.1) is 11.3 Å². The first-order chi connectivity index (χ1) is 9.80. The standard InChI is InChI=1S/C17H17N3/c1-3-5-6-7-8-11-20-16-10-9-14(13-18)12-15(16)19-17(20)4-2/h3,5-10,12H,1,4,11H2,2H3/b6-5-,8-7-. The zero-order chi connectivity index (χ0) is 14.4. The van der Waals surface area contributed by atoms with Crippen molar-refractivity contribution in [2.75, 3.05) is 0 Å². The van der Waals surface area contributed by atoms with E-state index in [0.717, 1.165) is 29.8 Å². The van der Waals surface area contributed by atoms with Crippen molar-refractivity contribution in [3.63, 3.8) is 0 Å². The van der Waals surface area contributed by atoms with Crippen molar-refractivity contribution in [2.24, 2.45) is 0 Å². The predicted octanol–water partition coefficient (Wildman–Crippen LogP) is 3.77.